The van der Waals surface area contributed by atoms with E-state index in [1.165, 1.54) is 0 Å². The van der Waals surface area contributed by atoms with Gasteiger partial charge in [-0.1, -0.05) is 15.9 Å². The van der Waals surface area contributed by atoms with Crippen molar-refractivity contribution in [1.29, 1.82) is 0 Å². The van der Waals surface area contributed by atoms with Gasteiger partial charge >= 0.3 is 0 Å². The van der Waals surface area contributed by atoms with E-state index in [0.717, 1.165) is 27.0 Å². The summed E-state index contributed by atoms with van der Waals surface area (Å²) in [5, 5.41) is 6.48. The summed E-state index contributed by atoms with van der Waals surface area (Å²) in [6.45, 7) is 3.19. The summed E-state index contributed by atoms with van der Waals surface area (Å²) < 4.78 is 7.06. The van der Waals surface area contributed by atoms with E-state index in [1.54, 1.807) is 7.11 Å². The first-order valence-electron chi connectivity index (χ1n) is 6.45. The Balaban J connectivity index is 2.31. The van der Waals surface area contributed by atoms with Gasteiger partial charge in [-0.05, 0) is 41.1 Å². The molecule has 2 rings (SSSR count). The van der Waals surface area contributed by atoms with E-state index in [1.807, 2.05) is 31.2 Å². The van der Waals surface area contributed by atoms with Crippen LogP contribution < -0.4 is 10.6 Å². The lowest BCUT2D eigenvalue weighted by Gasteiger charge is -2.12. The zero-order valence-electron chi connectivity index (χ0n) is 11.8. The SMILES string of the molecule is CCNc1cc(Nc2cc(Br)ccc2Br)nc(COC)n1. The molecule has 1 aromatic carbocycles. The fourth-order valence-corrected chi connectivity index (χ4v) is 2.46. The molecule has 0 amide bonds. The van der Waals surface area contributed by atoms with Crippen LogP contribution in [0.25, 0.3) is 0 Å². The number of nitrogens with one attached hydrogen (secondary N) is 2. The molecule has 1 aromatic heterocycles. The van der Waals surface area contributed by atoms with Gasteiger partial charge in [0.15, 0.2) is 5.82 Å². The Hall–Kier alpha value is -1.18. The largest absolute Gasteiger partial charge is 0.377 e. The molecule has 5 nitrogen and oxygen atoms in total. The van der Waals surface area contributed by atoms with Gasteiger partial charge in [-0.3, -0.25) is 0 Å². The zero-order chi connectivity index (χ0) is 15.2. The van der Waals surface area contributed by atoms with E-state index < -0.39 is 0 Å². The van der Waals surface area contributed by atoms with Crippen molar-refractivity contribution in [3.8, 4) is 0 Å². The average Bonchev–Trinajstić information content (AvgIpc) is 2.43. The molecule has 2 N–H and O–H groups in total. The maximum Gasteiger partial charge on any atom is 0.158 e. The van der Waals surface area contributed by atoms with Crippen molar-refractivity contribution in [2.75, 3.05) is 24.3 Å². The molecule has 0 atom stereocenters. The number of methoxy groups -OCH3 is 1. The van der Waals surface area contributed by atoms with Gasteiger partial charge in [0, 0.05) is 28.7 Å². The fraction of sp³-hybridized carbons (Fsp3) is 0.286. The van der Waals surface area contributed by atoms with Crippen molar-refractivity contribution in [2.24, 2.45) is 0 Å². The van der Waals surface area contributed by atoms with E-state index in [-0.39, 0.29) is 0 Å². The van der Waals surface area contributed by atoms with Gasteiger partial charge in [-0.15, -0.1) is 0 Å². The standard InChI is InChI=1S/C14H16Br2N4O/c1-3-17-12-7-13(20-14(19-12)8-21-2)18-11-6-9(15)4-5-10(11)16/h4-7H,3,8H2,1-2H3,(H2,17,18,19,20). The van der Waals surface area contributed by atoms with Crippen LogP contribution in [0.1, 0.15) is 12.7 Å². The van der Waals surface area contributed by atoms with E-state index >= 15 is 0 Å². The summed E-state index contributed by atoms with van der Waals surface area (Å²) in [5.74, 6) is 2.12. The van der Waals surface area contributed by atoms with Crippen molar-refractivity contribution in [3.63, 3.8) is 0 Å². The van der Waals surface area contributed by atoms with Crippen LogP contribution in [0.5, 0.6) is 0 Å². The topological polar surface area (TPSA) is 59.1 Å². The molecule has 2 aromatic rings. The first kappa shape index (κ1) is 16.2. The molecule has 0 radical (unpaired) electrons. The number of hydrogen-bond acceptors (Lipinski definition) is 5. The predicted molar refractivity (Wildman–Crippen MR) is 92.0 cm³/mol. The number of benzene rings is 1. The predicted octanol–water partition coefficient (Wildman–Crippen LogP) is 4.32. The summed E-state index contributed by atoms with van der Waals surface area (Å²) in [6, 6.07) is 7.79. The molecular weight excluding hydrogens is 400 g/mol. The lowest BCUT2D eigenvalue weighted by Crippen LogP contribution is -2.07. The second kappa shape index (κ2) is 7.72. The first-order chi connectivity index (χ1) is 10.1. The van der Waals surface area contributed by atoms with Crippen LogP contribution in [-0.2, 0) is 11.3 Å². The van der Waals surface area contributed by atoms with Crippen LogP contribution in [-0.4, -0.2) is 23.6 Å². The fourth-order valence-electron chi connectivity index (χ4n) is 1.76. The third kappa shape index (κ3) is 4.66. The second-order valence-electron chi connectivity index (χ2n) is 4.27. The van der Waals surface area contributed by atoms with Crippen LogP contribution in [0.4, 0.5) is 17.3 Å². The molecule has 0 aliphatic carbocycles. The van der Waals surface area contributed by atoms with Gasteiger partial charge in [-0.25, -0.2) is 9.97 Å². The second-order valence-corrected chi connectivity index (χ2v) is 6.04. The van der Waals surface area contributed by atoms with E-state index in [9.17, 15) is 0 Å². The van der Waals surface area contributed by atoms with Crippen molar-refractivity contribution in [1.82, 2.24) is 9.97 Å². The maximum atomic E-state index is 5.11. The smallest absolute Gasteiger partial charge is 0.158 e. The van der Waals surface area contributed by atoms with Crippen molar-refractivity contribution < 1.29 is 4.74 Å². The molecule has 0 aliphatic rings. The average molecular weight is 416 g/mol. The zero-order valence-corrected chi connectivity index (χ0v) is 15.0. The van der Waals surface area contributed by atoms with Crippen molar-refractivity contribution in [2.45, 2.75) is 13.5 Å². The Labute approximate surface area is 140 Å². The Morgan fingerprint density at radius 1 is 1.14 bits per heavy atom. The number of halogens is 2. The Morgan fingerprint density at radius 3 is 2.62 bits per heavy atom. The lowest BCUT2D eigenvalue weighted by atomic mass is 10.3. The monoisotopic (exact) mass is 414 g/mol. The molecule has 7 heteroatoms. The first-order valence-corrected chi connectivity index (χ1v) is 8.03. The Kier molecular flexibility index (Phi) is 5.96. The molecule has 0 saturated carbocycles. The molecule has 21 heavy (non-hydrogen) atoms. The van der Waals surface area contributed by atoms with Crippen molar-refractivity contribution in [3.05, 3.63) is 39.0 Å². The third-order valence-corrected chi connectivity index (χ3v) is 3.78. The Morgan fingerprint density at radius 2 is 1.90 bits per heavy atom. The number of hydrogen-bond donors (Lipinski definition) is 2. The highest BCUT2D eigenvalue weighted by molar-refractivity contribution is 9.11. The summed E-state index contributed by atoms with van der Waals surface area (Å²) in [5.41, 5.74) is 0.925. The van der Waals surface area contributed by atoms with Gasteiger partial charge in [0.25, 0.3) is 0 Å². The lowest BCUT2D eigenvalue weighted by molar-refractivity contribution is 0.178. The van der Waals surface area contributed by atoms with Crippen LogP contribution in [0, 0.1) is 0 Å². The van der Waals surface area contributed by atoms with E-state index in [0.29, 0.717) is 18.2 Å². The van der Waals surface area contributed by atoms with E-state index in [4.69, 9.17) is 4.74 Å². The highest BCUT2D eigenvalue weighted by atomic mass is 79.9. The maximum absolute atomic E-state index is 5.11. The third-order valence-electron chi connectivity index (χ3n) is 2.59. The molecule has 112 valence electrons. The number of anilines is 3. The minimum absolute atomic E-state index is 0.369. The van der Waals surface area contributed by atoms with Gasteiger partial charge < -0.3 is 15.4 Å². The van der Waals surface area contributed by atoms with Gasteiger partial charge in [-0.2, -0.15) is 0 Å². The highest BCUT2D eigenvalue weighted by Gasteiger charge is 2.07. The van der Waals surface area contributed by atoms with Crippen LogP contribution >= 0.6 is 31.9 Å². The molecule has 0 fully saturated rings. The molecule has 0 unspecified atom stereocenters. The molecular formula is C14H16Br2N4O. The minimum atomic E-state index is 0.369. The van der Waals surface area contributed by atoms with Crippen LogP contribution in [0.15, 0.2) is 33.2 Å². The minimum Gasteiger partial charge on any atom is -0.377 e. The van der Waals surface area contributed by atoms with Crippen LogP contribution in [0.3, 0.4) is 0 Å². The van der Waals surface area contributed by atoms with Crippen LogP contribution in [0.2, 0.25) is 0 Å². The number of rotatable bonds is 6. The Bertz CT molecular complexity index is 598. The van der Waals surface area contributed by atoms with E-state index in [2.05, 4.69) is 52.5 Å². The summed E-state index contributed by atoms with van der Waals surface area (Å²) in [6.07, 6.45) is 0. The number of nitrogens with zero attached hydrogens (tertiary/aromatic N) is 2. The van der Waals surface area contributed by atoms with Crippen molar-refractivity contribution >= 4 is 49.2 Å². The summed E-state index contributed by atoms with van der Waals surface area (Å²) in [7, 11) is 1.63. The highest BCUT2D eigenvalue weighted by Crippen LogP contribution is 2.29. The quantitative estimate of drug-likeness (QED) is 0.735. The number of ether oxygens (including phenoxy) is 1. The molecule has 0 spiro atoms. The summed E-state index contributed by atoms with van der Waals surface area (Å²) >= 11 is 6.98. The van der Waals surface area contributed by atoms with Gasteiger partial charge in [0.2, 0.25) is 0 Å². The van der Waals surface area contributed by atoms with Gasteiger partial charge in [0.1, 0.15) is 18.2 Å². The molecule has 0 bridgehead atoms. The molecule has 0 aliphatic heterocycles. The molecule has 0 saturated heterocycles. The van der Waals surface area contributed by atoms with Gasteiger partial charge in [0.05, 0.1) is 5.69 Å². The normalized spacial score (nSPS) is 10.5. The number of aromatic nitrogens is 2. The molecule has 1 heterocycles. The summed E-state index contributed by atoms with van der Waals surface area (Å²) in [4.78, 5) is 8.83.